The number of amides is 1. The number of nitrogens with one attached hydrogen (secondary N) is 1. The van der Waals surface area contributed by atoms with Crippen LogP contribution in [0.3, 0.4) is 0 Å². The van der Waals surface area contributed by atoms with Crippen molar-refractivity contribution in [3.63, 3.8) is 0 Å². The molecule has 2 rings (SSSR count). The van der Waals surface area contributed by atoms with E-state index in [-0.39, 0.29) is 34.1 Å². The van der Waals surface area contributed by atoms with E-state index in [1.165, 1.54) is 56.5 Å². The summed E-state index contributed by atoms with van der Waals surface area (Å²) in [5.41, 5.74) is 0.332. The van der Waals surface area contributed by atoms with Gasteiger partial charge in [0.2, 0.25) is 9.84 Å². The van der Waals surface area contributed by atoms with Crippen molar-refractivity contribution in [1.29, 1.82) is 0 Å². The quantitative estimate of drug-likeness (QED) is 0.591. The first kappa shape index (κ1) is 25.2. The Morgan fingerprint density at radius 3 is 2.25 bits per heavy atom. The van der Waals surface area contributed by atoms with Crippen LogP contribution < -0.4 is 10.1 Å². The normalized spacial score (nSPS) is 12.7. The molecule has 0 unspecified atom stereocenters. The monoisotopic (exact) mass is 473 g/mol. The molecule has 2 aromatic rings. The Morgan fingerprint density at radius 1 is 1.09 bits per heavy atom. The van der Waals surface area contributed by atoms with E-state index in [1.807, 2.05) is 5.32 Å². The third-order valence-corrected chi connectivity index (χ3v) is 6.21. The van der Waals surface area contributed by atoms with Gasteiger partial charge in [-0.3, -0.25) is 4.79 Å². The molecule has 2 aromatic carbocycles. The van der Waals surface area contributed by atoms with Crippen molar-refractivity contribution in [2.75, 3.05) is 13.7 Å². The number of halogens is 3. The molecule has 32 heavy (non-hydrogen) atoms. The van der Waals surface area contributed by atoms with E-state index < -0.39 is 33.9 Å². The molecule has 0 aliphatic heterocycles. The van der Waals surface area contributed by atoms with Crippen LogP contribution in [0.2, 0.25) is 0 Å². The predicted molar refractivity (Wildman–Crippen MR) is 108 cm³/mol. The van der Waals surface area contributed by atoms with E-state index in [4.69, 9.17) is 9.47 Å². The highest BCUT2D eigenvalue weighted by atomic mass is 32.2. The summed E-state index contributed by atoms with van der Waals surface area (Å²) in [6, 6.07) is 8.49. The number of hydrogen-bond acceptors (Lipinski definition) is 6. The van der Waals surface area contributed by atoms with Crippen LogP contribution in [0.4, 0.5) is 13.2 Å². The zero-order valence-electron chi connectivity index (χ0n) is 17.5. The van der Waals surface area contributed by atoms with E-state index in [0.717, 1.165) is 0 Å². The molecular formula is C21H22F3NO6S. The van der Waals surface area contributed by atoms with Gasteiger partial charge >= 0.3 is 18.1 Å². The maximum Gasteiger partial charge on any atom is 0.471 e. The van der Waals surface area contributed by atoms with Crippen molar-refractivity contribution >= 4 is 21.7 Å². The summed E-state index contributed by atoms with van der Waals surface area (Å²) < 4.78 is 73.3. The molecule has 0 aromatic heterocycles. The number of sulfone groups is 1. The summed E-state index contributed by atoms with van der Waals surface area (Å²) in [5, 5.41) is 1.84. The van der Waals surface area contributed by atoms with Crippen molar-refractivity contribution in [3.8, 4) is 5.75 Å². The van der Waals surface area contributed by atoms with Crippen LogP contribution in [0.25, 0.3) is 0 Å². The van der Waals surface area contributed by atoms with Crippen molar-refractivity contribution in [1.82, 2.24) is 5.32 Å². The van der Waals surface area contributed by atoms with E-state index in [0.29, 0.717) is 5.56 Å². The Kier molecular flexibility index (Phi) is 7.89. The van der Waals surface area contributed by atoms with Crippen molar-refractivity contribution in [3.05, 3.63) is 53.6 Å². The Labute approximate surface area is 183 Å². The maximum absolute atomic E-state index is 13.1. The second-order valence-corrected chi connectivity index (χ2v) is 8.72. The average Bonchev–Trinajstić information content (AvgIpc) is 2.73. The summed E-state index contributed by atoms with van der Waals surface area (Å²) >= 11 is 0. The molecule has 0 radical (unpaired) electrons. The van der Waals surface area contributed by atoms with Gasteiger partial charge in [0.1, 0.15) is 5.75 Å². The van der Waals surface area contributed by atoms with Gasteiger partial charge in [-0.25, -0.2) is 13.2 Å². The lowest BCUT2D eigenvalue weighted by atomic mass is 10.1. The van der Waals surface area contributed by atoms with Gasteiger partial charge in [0.05, 0.1) is 29.1 Å². The smallest absolute Gasteiger partial charge is 0.471 e. The van der Waals surface area contributed by atoms with Crippen LogP contribution in [0.15, 0.2) is 52.3 Å². The van der Waals surface area contributed by atoms with Gasteiger partial charge < -0.3 is 14.8 Å². The molecule has 1 N–H and O–H groups in total. The Balaban J connectivity index is 2.29. The fourth-order valence-electron chi connectivity index (χ4n) is 2.88. The lowest BCUT2D eigenvalue weighted by Crippen LogP contribution is -2.42. The van der Waals surface area contributed by atoms with Crippen LogP contribution >= 0.6 is 0 Å². The molecule has 0 saturated carbocycles. The third kappa shape index (κ3) is 6.00. The van der Waals surface area contributed by atoms with Crippen LogP contribution in [-0.2, 0) is 25.8 Å². The van der Waals surface area contributed by atoms with E-state index >= 15 is 0 Å². The van der Waals surface area contributed by atoms with Crippen molar-refractivity contribution in [2.45, 2.75) is 42.3 Å². The number of hydrogen-bond donors (Lipinski definition) is 1. The molecule has 0 saturated heterocycles. The maximum atomic E-state index is 13.1. The van der Waals surface area contributed by atoms with Gasteiger partial charge in [-0.15, -0.1) is 0 Å². The van der Waals surface area contributed by atoms with E-state index in [1.54, 1.807) is 6.92 Å². The largest absolute Gasteiger partial charge is 0.497 e. The first-order chi connectivity index (χ1) is 14.9. The minimum absolute atomic E-state index is 0.0489. The van der Waals surface area contributed by atoms with Crippen LogP contribution in [0.1, 0.15) is 29.8 Å². The number of ether oxygens (including phenoxy) is 2. The van der Waals surface area contributed by atoms with E-state index in [2.05, 4.69) is 0 Å². The van der Waals surface area contributed by atoms with Crippen LogP contribution in [0, 0.1) is 0 Å². The Hall–Kier alpha value is -3.08. The van der Waals surface area contributed by atoms with Gasteiger partial charge in [-0.1, -0.05) is 12.1 Å². The lowest BCUT2D eigenvalue weighted by molar-refractivity contribution is -0.174. The summed E-state index contributed by atoms with van der Waals surface area (Å²) in [6.45, 7) is 3.04. The third-order valence-electron chi connectivity index (χ3n) is 4.38. The summed E-state index contributed by atoms with van der Waals surface area (Å²) in [5.74, 6) is -2.59. The molecule has 0 fully saturated rings. The van der Waals surface area contributed by atoms with Gasteiger partial charge in [0.15, 0.2) is 0 Å². The number of carbonyl (C=O) groups excluding carboxylic acids is 2. The highest BCUT2D eigenvalue weighted by molar-refractivity contribution is 7.91. The Bertz CT molecular complexity index is 1080. The molecule has 7 nitrogen and oxygen atoms in total. The highest BCUT2D eigenvalue weighted by Gasteiger charge is 2.39. The summed E-state index contributed by atoms with van der Waals surface area (Å²) in [4.78, 5) is 22.9. The fourth-order valence-corrected chi connectivity index (χ4v) is 4.31. The molecule has 11 heteroatoms. The minimum Gasteiger partial charge on any atom is -0.497 e. The Morgan fingerprint density at radius 2 is 1.72 bits per heavy atom. The van der Waals surface area contributed by atoms with Gasteiger partial charge in [-0.05, 0) is 56.2 Å². The van der Waals surface area contributed by atoms with E-state index in [9.17, 15) is 31.2 Å². The molecule has 174 valence electrons. The standard InChI is InChI=1S/C21H22F3NO6S/c1-4-31-19(26)17-12-15(30-3)7-10-18(17)32(28,29)16-8-5-14(6-9-16)11-13(2)25-20(27)21(22,23)24/h5-10,12-13H,4,11H2,1-3H3,(H,25,27)/t13-/m1/s1. The number of alkyl halides is 3. The summed E-state index contributed by atoms with van der Waals surface area (Å²) in [7, 11) is -2.75. The first-order valence-electron chi connectivity index (χ1n) is 9.47. The lowest BCUT2D eigenvalue weighted by Gasteiger charge is -2.16. The molecule has 0 spiro atoms. The predicted octanol–water partition coefficient (Wildman–Crippen LogP) is 3.31. The van der Waals surface area contributed by atoms with Gasteiger partial charge in [0.25, 0.3) is 0 Å². The number of esters is 1. The minimum atomic E-state index is -4.98. The molecule has 0 bridgehead atoms. The highest BCUT2D eigenvalue weighted by Crippen LogP contribution is 2.28. The zero-order valence-corrected chi connectivity index (χ0v) is 18.3. The second kappa shape index (κ2) is 10.0. The first-order valence-corrected chi connectivity index (χ1v) is 10.9. The molecule has 0 aliphatic rings. The molecular weight excluding hydrogens is 451 g/mol. The number of benzene rings is 2. The number of carbonyl (C=O) groups is 2. The van der Waals surface area contributed by atoms with Crippen molar-refractivity contribution in [2.24, 2.45) is 0 Å². The number of rotatable bonds is 8. The fraction of sp³-hybridized carbons (Fsp3) is 0.333. The molecule has 0 heterocycles. The van der Waals surface area contributed by atoms with Gasteiger partial charge in [0, 0.05) is 6.04 Å². The average molecular weight is 473 g/mol. The topological polar surface area (TPSA) is 98.8 Å². The summed E-state index contributed by atoms with van der Waals surface area (Å²) in [6.07, 6.45) is -4.93. The molecule has 0 aliphatic carbocycles. The molecule has 1 amide bonds. The number of methoxy groups -OCH3 is 1. The molecule has 1 atom stereocenters. The second-order valence-electron chi connectivity index (χ2n) is 6.81. The van der Waals surface area contributed by atoms with Gasteiger partial charge in [-0.2, -0.15) is 13.2 Å². The zero-order chi connectivity index (χ0) is 24.1. The van der Waals surface area contributed by atoms with Crippen LogP contribution in [0.5, 0.6) is 5.75 Å². The SMILES string of the molecule is CCOC(=O)c1cc(OC)ccc1S(=O)(=O)c1ccc(C[C@@H](C)NC(=O)C(F)(F)F)cc1. The van der Waals surface area contributed by atoms with Crippen LogP contribution in [-0.4, -0.2) is 46.2 Å². The van der Waals surface area contributed by atoms with Crippen molar-refractivity contribution < 1.29 is 40.7 Å².